The first-order chi connectivity index (χ1) is 16.4. The number of fused-ring (bicyclic) bond motifs is 4. The van der Waals surface area contributed by atoms with Crippen LogP contribution in [0.5, 0.6) is 0 Å². The van der Waals surface area contributed by atoms with E-state index in [0.29, 0.717) is 55.1 Å². The molecule has 0 bridgehead atoms. The Morgan fingerprint density at radius 3 is 2.34 bits per heavy atom. The lowest BCUT2D eigenvalue weighted by atomic mass is 9.68. The SMILES string of the molecule is CC(C)c1nc2c(c3c1[C@@H](c1ccc(C(F)(F)F)cn1)OC31CCOCC1)C(O)CC(C)(C)[C@H]2O. The van der Waals surface area contributed by atoms with Gasteiger partial charge in [0, 0.05) is 49.1 Å². The minimum Gasteiger partial charge on any atom is -0.388 e. The fourth-order valence-electron chi connectivity index (χ4n) is 5.82. The van der Waals surface area contributed by atoms with Gasteiger partial charge in [-0.25, -0.2) is 0 Å². The van der Waals surface area contributed by atoms with Crippen LogP contribution in [0.25, 0.3) is 0 Å². The van der Waals surface area contributed by atoms with Gasteiger partial charge in [-0.3, -0.25) is 9.97 Å². The highest BCUT2D eigenvalue weighted by molar-refractivity contribution is 5.54. The highest BCUT2D eigenvalue weighted by Gasteiger charge is 2.54. The van der Waals surface area contributed by atoms with Crippen molar-refractivity contribution in [1.82, 2.24) is 9.97 Å². The van der Waals surface area contributed by atoms with E-state index in [1.54, 1.807) is 0 Å². The molecule has 2 N–H and O–H groups in total. The summed E-state index contributed by atoms with van der Waals surface area (Å²) in [5.74, 6) is -0.0565. The van der Waals surface area contributed by atoms with Crippen LogP contribution in [0.2, 0.25) is 0 Å². The van der Waals surface area contributed by atoms with Crippen molar-refractivity contribution in [2.45, 2.75) is 83.0 Å². The summed E-state index contributed by atoms with van der Waals surface area (Å²) in [6.45, 7) is 8.68. The average Bonchev–Trinajstić information content (AvgIpc) is 3.10. The number of halogens is 3. The van der Waals surface area contributed by atoms with Crippen LogP contribution >= 0.6 is 0 Å². The third kappa shape index (κ3) is 3.87. The van der Waals surface area contributed by atoms with Gasteiger partial charge in [0.15, 0.2) is 0 Å². The van der Waals surface area contributed by atoms with Crippen LogP contribution in [0, 0.1) is 5.41 Å². The van der Waals surface area contributed by atoms with Crippen molar-refractivity contribution in [1.29, 1.82) is 0 Å². The van der Waals surface area contributed by atoms with Crippen LogP contribution in [0.4, 0.5) is 13.2 Å². The van der Waals surface area contributed by atoms with Gasteiger partial charge in [-0.05, 0) is 35.4 Å². The summed E-state index contributed by atoms with van der Waals surface area (Å²) in [4.78, 5) is 9.05. The number of nitrogens with zero attached hydrogens (tertiary/aromatic N) is 2. The molecule has 2 aliphatic heterocycles. The lowest BCUT2D eigenvalue weighted by Crippen LogP contribution is -2.38. The number of aliphatic hydroxyl groups excluding tert-OH is 2. The summed E-state index contributed by atoms with van der Waals surface area (Å²) in [6.07, 6.45) is -4.72. The van der Waals surface area contributed by atoms with Gasteiger partial charge >= 0.3 is 6.18 Å². The molecule has 9 heteroatoms. The van der Waals surface area contributed by atoms with E-state index in [0.717, 1.165) is 23.4 Å². The van der Waals surface area contributed by atoms with E-state index in [1.807, 2.05) is 27.7 Å². The minimum absolute atomic E-state index is 0.0565. The molecule has 1 unspecified atom stereocenters. The molecule has 1 aliphatic carbocycles. The molecule has 2 aromatic heterocycles. The molecule has 4 heterocycles. The Balaban J connectivity index is 1.76. The maximum absolute atomic E-state index is 13.2. The van der Waals surface area contributed by atoms with Crippen molar-refractivity contribution in [3.05, 3.63) is 57.7 Å². The van der Waals surface area contributed by atoms with Crippen LogP contribution in [-0.4, -0.2) is 33.4 Å². The van der Waals surface area contributed by atoms with Crippen molar-refractivity contribution in [2.75, 3.05) is 13.2 Å². The maximum atomic E-state index is 13.2. The summed E-state index contributed by atoms with van der Waals surface area (Å²) in [5.41, 5.74) is 1.48. The lowest BCUT2D eigenvalue weighted by molar-refractivity contribution is -0.138. The number of aliphatic hydroxyl groups is 2. The normalized spacial score (nSPS) is 27.2. The number of aromatic nitrogens is 2. The third-order valence-electron chi connectivity index (χ3n) is 7.67. The van der Waals surface area contributed by atoms with Gasteiger partial charge < -0.3 is 19.7 Å². The molecule has 0 amide bonds. The Morgan fingerprint density at radius 1 is 1.09 bits per heavy atom. The van der Waals surface area contributed by atoms with Crippen molar-refractivity contribution in [2.24, 2.45) is 5.41 Å². The number of ether oxygens (including phenoxy) is 2. The molecule has 0 radical (unpaired) electrons. The molecule has 3 aliphatic rings. The minimum atomic E-state index is -4.49. The molecule has 2 aromatic rings. The van der Waals surface area contributed by atoms with Crippen LogP contribution in [-0.2, 0) is 21.3 Å². The smallest absolute Gasteiger partial charge is 0.388 e. The molecule has 0 saturated carbocycles. The molecule has 6 nitrogen and oxygen atoms in total. The summed E-state index contributed by atoms with van der Waals surface area (Å²) in [5, 5.41) is 22.6. The largest absolute Gasteiger partial charge is 0.417 e. The standard InChI is InChI=1S/C26H31F3N2O4/c1-13(2)20-18-19(17-16(32)11-24(3,4)23(33)21(17)31-20)25(7-9-34-10-8-25)35-22(18)15-6-5-14(12-30-15)26(27,28)29/h5-6,12-13,16,22-23,32-33H,7-11H2,1-4H3/t16?,22-,23+/m1/s1. The molecule has 35 heavy (non-hydrogen) atoms. The van der Waals surface area contributed by atoms with E-state index < -0.39 is 41.1 Å². The summed E-state index contributed by atoms with van der Waals surface area (Å²) < 4.78 is 51.9. The van der Waals surface area contributed by atoms with E-state index in [2.05, 4.69) is 4.98 Å². The van der Waals surface area contributed by atoms with Crippen molar-refractivity contribution in [3.63, 3.8) is 0 Å². The monoisotopic (exact) mass is 492 g/mol. The molecule has 0 aromatic carbocycles. The van der Waals surface area contributed by atoms with E-state index in [1.165, 1.54) is 6.07 Å². The predicted molar refractivity (Wildman–Crippen MR) is 121 cm³/mol. The zero-order valence-corrected chi connectivity index (χ0v) is 20.3. The van der Waals surface area contributed by atoms with Crippen LogP contribution in [0.1, 0.15) is 111 Å². The molecular weight excluding hydrogens is 461 g/mol. The topological polar surface area (TPSA) is 84.7 Å². The lowest BCUT2D eigenvalue weighted by Gasteiger charge is -2.42. The quantitative estimate of drug-likeness (QED) is 0.597. The van der Waals surface area contributed by atoms with E-state index >= 15 is 0 Å². The zero-order chi connectivity index (χ0) is 25.3. The van der Waals surface area contributed by atoms with Crippen molar-refractivity contribution >= 4 is 0 Å². The highest BCUT2D eigenvalue weighted by Crippen LogP contribution is 2.59. The zero-order valence-electron chi connectivity index (χ0n) is 20.3. The maximum Gasteiger partial charge on any atom is 0.417 e. The van der Waals surface area contributed by atoms with Gasteiger partial charge in [-0.1, -0.05) is 27.7 Å². The Labute approximate surface area is 202 Å². The van der Waals surface area contributed by atoms with Gasteiger partial charge in [0.2, 0.25) is 0 Å². The number of alkyl halides is 3. The number of hydrogen-bond donors (Lipinski definition) is 2. The summed E-state index contributed by atoms with van der Waals surface area (Å²) in [6, 6.07) is 2.37. The van der Waals surface area contributed by atoms with Crippen LogP contribution in [0.15, 0.2) is 18.3 Å². The van der Waals surface area contributed by atoms with Gasteiger partial charge in [-0.15, -0.1) is 0 Å². The van der Waals surface area contributed by atoms with Gasteiger partial charge in [-0.2, -0.15) is 13.2 Å². The first-order valence-electron chi connectivity index (χ1n) is 12.1. The molecule has 1 saturated heterocycles. The average molecular weight is 493 g/mol. The van der Waals surface area contributed by atoms with E-state index in [4.69, 9.17) is 14.5 Å². The molecule has 3 atom stereocenters. The molecule has 1 spiro atoms. The van der Waals surface area contributed by atoms with Crippen LogP contribution in [0.3, 0.4) is 0 Å². The molecule has 190 valence electrons. The fourth-order valence-corrected chi connectivity index (χ4v) is 5.82. The fraction of sp³-hybridized carbons (Fsp3) is 0.615. The first-order valence-corrected chi connectivity index (χ1v) is 12.1. The molecule has 5 rings (SSSR count). The number of hydrogen-bond acceptors (Lipinski definition) is 6. The Kier molecular flexibility index (Phi) is 5.79. The number of rotatable bonds is 2. The second kappa shape index (κ2) is 8.23. The van der Waals surface area contributed by atoms with E-state index in [-0.39, 0.29) is 5.92 Å². The highest BCUT2D eigenvalue weighted by atomic mass is 19.4. The predicted octanol–water partition coefficient (Wildman–Crippen LogP) is 5.24. The summed E-state index contributed by atoms with van der Waals surface area (Å²) >= 11 is 0. The van der Waals surface area contributed by atoms with Crippen molar-refractivity contribution < 1.29 is 32.9 Å². The van der Waals surface area contributed by atoms with Gasteiger partial charge in [0.1, 0.15) is 12.2 Å². The third-order valence-corrected chi connectivity index (χ3v) is 7.67. The number of pyridine rings is 2. The van der Waals surface area contributed by atoms with Gasteiger partial charge in [0.25, 0.3) is 0 Å². The molecular formula is C26H31F3N2O4. The Bertz CT molecular complexity index is 1120. The molecule has 1 fully saturated rings. The second-order valence-electron chi connectivity index (χ2n) is 10.9. The first kappa shape index (κ1) is 24.6. The summed E-state index contributed by atoms with van der Waals surface area (Å²) in [7, 11) is 0. The second-order valence-corrected chi connectivity index (χ2v) is 10.9. The van der Waals surface area contributed by atoms with E-state index in [9.17, 15) is 23.4 Å². The van der Waals surface area contributed by atoms with Crippen molar-refractivity contribution in [3.8, 4) is 0 Å². The Hall–Kier alpha value is -2.07. The van der Waals surface area contributed by atoms with Gasteiger partial charge in [0.05, 0.1) is 28.7 Å². The van der Waals surface area contributed by atoms with Crippen LogP contribution < -0.4 is 0 Å². The Morgan fingerprint density at radius 2 is 1.77 bits per heavy atom.